The van der Waals surface area contributed by atoms with Crippen molar-refractivity contribution in [2.24, 2.45) is 5.92 Å². The van der Waals surface area contributed by atoms with Crippen LogP contribution in [0.3, 0.4) is 0 Å². The molecule has 3 aromatic rings. The summed E-state index contributed by atoms with van der Waals surface area (Å²) in [7, 11) is 2.74. The summed E-state index contributed by atoms with van der Waals surface area (Å²) in [4.78, 5) is 32.6. The minimum atomic E-state index is -0.527. The average molecular weight is 601 g/mol. The first-order chi connectivity index (χ1) is 19.6. The number of amides is 2. The summed E-state index contributed by atoms with van der Waals surface area (Å²) in [5.74, 6) is 1.56. The minimum absolute atomic E-state index is 0.0244. The highest BCUT2D eigenvalue weighted by Gasteiger charge is 2.31. The van der Waals surface area contributed by atoms with Crippen molar-refractivity contribution < 1.29 is 19.1 Å². The molecule has 0 bridgehead atoms. The van der Waals surface area contributed by atoms with E-state index in [-0.39, 0.29) is 30.1 Å². The molecule has 2 atom stereocenters. The molecule has 5 rings (SSSR count). The van der Waals surface area contributed by atoms with E-state index >= 15 is 0 Å². The number of thiazole rings is 1. The maximum Gasteiger partial charge on any atom is 0.410 e. The summed E-state index contributed by atoms with van der Waals surface area (Å²) in [6, 6.07) is 6.11. The molecule has 2 amide bonds. The van der Waals surface area contributed by atoms with E-state index in [1.165, 1.54) is 11.3 Å². The molecule has 10 nitrogen and oxygen atoms in total. The number of aromatic nitrogens is 3. The van der Waals surface area contributed by atoms with Crippen LogP contribution in [0.15, 0.2) is 24.4 Å². The Labute approximate surface area is 247 Å². The van der Waals surface area contributed by atoms with E-state index in [9.17, 15) is 9.59 Å². The number of ether oxygens (including phenoxy) is 2. The van der Waals surface area contributed by atoms with Crippen LogP contribution in [0.4, 0.5) is 15.7 Å². The van der Waals surface area contributed by atoms with Crippen LogP contribution in [0.1, 0.15) is 64.2 Å². The molecule has 2 fully saturated rings. The fourth-order valence-corrected chi connectivity index (χ4v) is 6.50. The number of carbonyl (C=O) groups is 2. The van der Waals surface area contributed by atoms with Gasteiger partial charge in [0.05, 0.1) is 23.3 Å². The molecule has 3 heterocycles. The second-order valence-corrected chi connectivity index (χ2v) is 13.5. The topological polar surface area (TPSA) is 111 Å². The summed E-state index contributed by atoms with van der Waals surface area (Å²) < 4.78 is 14.2. The third-order valence-electron chi connectivity index (χ3n) is 7.52. The molecule has 1 unspecified atom stereocenters. The number of anilines is 2. The van der Waals surface area contributed by atoms with Gasteiger partial charge in [0.1, 0.15) is 11.4 Å². The minimum Gasteiger partial charge on any atom is -0.490 e. The van der Waals surface area contributed by atoms with Crippen LogP contribution < -0.4 is 15.4 Å². The van der Waals surface area contributed by atoms with E-state index in [0.717, 1.165) is 65.9 Å². The second-order valence-electron chi connectivity index (χ2n) is 11.9. The number of piperidine rings is 1. The highest BCUT2D eigenvalue weighted by Crippen LogP contribution is 2.37. The Morgan fingerprint density at radius 2 is 1.95 bits per heavy atom. The van der Waals surface area contributed by atoms with Gasteiger partial charge in [-0.05, 0) is 78.4 Å². The summed E-state index contributed by atoms with van der Waals surface area (Å²) >= 11 is 1.50. The lowest BCUT2D eigenvalue weighted by Crippen LogP contribution is -2.47. The largest absolute Gasteiger partial charge is 0.490 e. The number of hydrogen-bond donors (Lipinski definition) is 2. The zero-order valence-corrected chi connectivity index (χ0v) is 26.3. The van der Waals surface area contributed by atoms with Crippen molar-refractivity contribution in [3.63, 3.8) is 0 Å². The lowest BCUT2D eigenvalue weighted by atomic mass is 9.87. The average Bonchev–Trinajstić information content (AvgIpc) is 3.51. The smallest absolute Gasteiger partial charge is 0.410 e. The summed E-state index contributed by atoms with van der Waals surface area (Å²) in [6.07, 6.45) is 7.15. The van der Waals surface area contributed by atoms with E-state index in [1.807, 2.05) is 44.5 Å². The summed E-state index contributed by atoms with van der Waals surface area (Å²) in [5.41, 5.74) is 0.465. The zero-order valence-electron chi connectivity index (χ0n) is 24.3. The molecule has 1 aliphatic heterocycles. The van der Waals surface area contributed by atoms with Gasteiger partial charge in [0.2, 0.25) is 5.91 Å². The Hall–Kier alpha value is -2.91. The van der Waals surface area contributed by atoms with Crippen LogP contribution >= 0.6 is 20.6 Å². The van der Waals surface area contributed by atoms with Crippen molar-refractivity contribution in [1.29, 1.82) is 0 Å². The van der Waals surface area contributed by atoms with Crippen molar-refractivity contribution in [3.05, 3.63) is 29.3 Å². The van der Waals surface area contributed by atoms with Crippen molar-refractivity contribution in [2.75, 3.05) is 23.7 Å². The Bertz CT molecular complexity index is 1380. The molecule has 1 aliphatic carbocycles. The van der Waals surface area contributed by atoms with Gasteiger partial charge in [-0.2, -0.15) is 5.10 Å². The standard InChI is InChI=1S/C29H41N6O4PS/c1-18-15-30-27(41-18)32-26(36)19-10-12-21(13-11-19)38-23-9-5-8-22-24(23)25(33-35(22)17-40)31-20-7-6-14-34(16-20)28(37)39-29(2,3)4/h5,8-9,15,19-21H,6-7,10-14,16-17,40H2,1-4H3,(H,31,33)(H,30,32,36)/t19-,20-,21-/m1/s1. The predicted octanol–water partition coefficient (Wildman–Crippen LogP) is 6.02. The van der Waals surface area contributed by atoms with Crippen molar-refractivity contribution >= 4 is 54.4 Å². The Kier molecular flexibility index (Phi) is 9.04. The molecule has 1 saturated carbocycles. The fraction of sp³-hybridized carbons (Fsp3) is 0.586. The van der Waals surface area contributed by atoms with Crippen LogP contribution in [0.2, 0.25) is 0 Å². The number of likely N-dealkylation sites (tertiary alicyclic amines) is 1. The molecule has 12 heteroatoms. The van der Waals surface area contributed by atoms with Gasteiger partial charge in [-0.1, -0.05) is 6.07 Å². The van der Waals surface area contributed by atoms with E-state index < -0.39 is 5.60 Å². The summed E-state index contributed by atoms with van der Waals surface area (Å²) in [5, 5.41) is 13.1. The van der Waals surface area contributed by atoms with Crippen LogP contribution in [0, 0.1) is 12.8 Å². The number of nitrogens with zero attached hydrogens (tertiary/aromatic N) is 4. The van der Waals surface area contributed by atoms with Crippen LogP contribution in [0.25, 0.3) is 10.9 Å². The Balaban J connectivity index is 1.26. The SMILES string of the molecule is Cc1cnc(NC(=O)[C@H]2CC[C@H](Oc3cccc4c3c(N[C@@H]3CCCN(C(=O)OC(C)(C)C)C3)nn4CP)CC2)s1. The van der Waals surface area contributed by atoms with Crippen LogP contribution in [-0.2, 0) is 15.8 Å². The Morgan fingerprint density at radius 3 is 2.63 bits per heavy atom. The molecular weight excluding hydrogens is 559 g/mol. The summed E-state index contributed by atoms with van der Waals surface area (Å²) in [6.45, 7) is 8.88. The first kappa shape index (κ1) is 29.6. The van der Waals surface area contributed by atoms with E-state index in [2.05, 4.69) is 30.9 Å². The lowest BCUT2D eigenvalue weighted by molar-refractivity contribution is -0.121. The molecule has 2 N–H and O–H groups in total. The first-order valence-electron chi connectivity index (χ1n) is 14.4. The molecule has 41 heavy (non-hydrogen) atoms. The van der Waals surface area contributed by atoms with Gasteiger partial charge in [0, 0.05) is 36.1 Å². The molecule has 1 aromatic carbocycles. The molecular formula is C29H41N6O4PS. The normalized spacial score (nSPS) is 21.5. The van der Waals surface area contributed by atoms with E-state index in [1.54, 1.807) is 11.1 Å². The molecule has 222 valence electrons. The van der Waals surface area contributed by atoms with Gasteiger partial charge in [0.15, 0.2) is 10.9 Å². The second kappa shape index (κ2) is 12.5. The highest BCUT2D eigenvalue weighted by atomic mass is 32.1. The van der Waals surface area contributed by atoms with Crippen molar-refractivity contribution in [2.45, 2.75) is 90.3 Å². The zero-order chi connectivity index (χ0) is 29.1. The number of hydrogen-bond acceptors (Lipinski definition) is 8. The van der Waals surface area contributed by atoms with Crippen molar-refractivity contribution in [1.82, 2.24) is 19.7 Å². The van der Waals surface area contributed by atoms with Gasteiger partial charge in [-0.3, -0.25) is 9.48 Å². The maximum absolute atomic E-state index is 12.8. The quantitative estimate of drug-likeness (QED) is 0.319. The predicted molar refractivity (Wildman–Crippen MR) is 166 cm³/mol. The third-order valence-corrected chi connectivity index (χ3v) is 8.69. The number of nitrogens with one attached hydrogen (secondary N) is 2. The number of rotatable bonds is 7. The van der Waals surface area contributed by atoms with Gasteiger partial charge in [0.25, 0.3) is 0 Å². The number of carbonyl (C=O) groups excluding carboxylic acids is 2. The fourth-order valence-electron chi connectivity index (χ4n) is 5.56. The maximum atomic E-state index is 12.8. The monoisotopic (exact) mass is 600 g/mol. The molecule has 0 radical (unpaired) electrons. The van der Waals surface area contributed by atoms with Gasteiger partial charge in [-0.15, -0.1) is 20.6 Å². The molecule has 2 aromatic heterocycles. The van der Waals surface area contributed by atoms with Crippen LogP contribution in [-0.4, -0.2) is 62.5 Å². The first-order valence-corrected chi connectivity index (χ1v) is 16.1. The third kappa shape index (κ3) is 7.30. The molecule has 1 saturated heterocycles. The van der Waals surface area contributed by atoms with Gasteiger partial charge < -0.3 is 25.0 Å². The number of fused-ring (bicyclic) bond motifs is 1. The number of aryl methyl sites for hydroxylation is 1. The van der Waals surface area contributed by atoms with E-state index in [0.29, 0.717) is 24.5 Å². The Morgan fingerprint density at radius 1 is 1.17 bits per heavy atom. The van der Waals surface area contributed by atoms with Crippen molar-refractivity contribution in [3.8, 4) is 5.75 Å². The van der Waals surface area contributed by atoms with Crippen LogP contribution in [0.5, 0.6) is 5.75 Å². The van der Waals surface area contributed by atoms with E-state index in [4.69, 9.17) is 14.6 Å². The van der Waals surface area contributed by atoms with Gasteiger partial charge in [-0.25, -0.2) is 9.78 Å². The lowest BCUT2D eigenvalue weighted by Gasteiger charge is -2.34. The molecule has 2 aliphatic rings. The molecule has 0 spiro atoms. The highest BCUT2D eigenvalue weighted by molar-refractivity contribution is 7.15. The van der Waals surface area contributed by atoms with Gasteiger partial charge >= 0.3 is 6.09 Å². The number of benzene rings is 1.